The molecular weight excluding hydrogens is 428 g/mol. The molecule has 0 radical (unpaired) electrons. The van der Waals surface area contributed by atoms with E-state index in [9.17, 15) is 0 Å². The van der Waals surface area contributed by atoms with Crippen LogP contribution in [-0.2, 0) is 0 Å². The van der Waals surface area contributed by atoms with Crippen LogP contribution in [0.25, 0.3) is 22.2 Å². The molecule has 0 saturated heterocycles. The molecule has 0 aliphatic carbocycles. The molecular formula is C24H21ClN4O3. The highest BCUT2D eigenvalue weighted by Gasteiger charge is 2.13. The van der Waals surface area contributed by atoms with E-state index in [-0.39, 0.29) is 0 Å². The molecule has 0 saturated carbocycles. The third-order valence-corrected chi connectivity index (χ3v) is 5.01. The first-order valence-corrected chi connectivity index (χ1v) is 10.1. The van der Waals surface area contributed by atoms with E-state index >= 15 is 0 Å². The van der Waals surface area contributed by atoms with Gasteiger partial charge in [-0.2, -0.15) is 5.10 Å². The molecule has 0 amide bonds. The highest BCUT2D eigenvalue weighted by Crippen LogP contribution is 2.37. The topological polar surface area (TPSA) is 77.9 Å². The van der Waals surface area contributed by atoms with E-state index in [2.05, 4.69) is 20.5 Å². The Bertz CT molecular complexity index is 1250. The van der Waals surface area contributed by atoms with Crippen molar-refractivity contribution in [1.29, 1.82) is 0 Å². The number of halogens is 1. The number of anilines is 1. The minimum absolute atomic E-state index is 0.363. The zero-order valence-electron chi connectivity index (χ0n) is 17.8. The molecule has 4 aromatic rings. The van der Waals surface area contributed by atoms with Crippen molar-refractivity contribution in [3.05, 3.63) is 71.2 Å². The second kappa shape index (κ2) is 9.53. The SMILES string of the molecule is COc1cc(/C=N\Nc2nc(-c3ccccc3)c3cc(Cl)ccc3n2)cc(OC)c1OC. The number of hydrogen-bond acceptors (Lipinski definition) is 7. The summed E-state index contributed by atoms with van der Waals surface area (Å²) < 4.78 is 16.1. The molecule has 0 spiro atoms. The Morgan fingerprint density at radius 1 is 0.875 bits per heavy atom. The summed E-state index contributed by atoms with van der Waals surface area (Å²) in [6.07, 6.45) is 1.63. The first-order valence-electron chi connectivity index (χ1n) is 9.74. The van der Waals surface area contributed by atoms with Gasteiger partial charge in [0.05, 0.1) is 38.8 Å². The third kappa shape index (κ3) is 4.43. The summed E-state index contributed by atoms with van der Waals surface area (Å²) in [5.41, 5.74) is 6.15. The first-order chi connectivity index (χ1) is 15.6. The van der Waals surface area contributed by atoms with Crippen molar-refractivity contribution in [1.82, 2.24) is 9.97 Å². The summed E-state index contributed by atoms with van der Waals surface area (Å²) in [6, 6.07) is 19.0. The smallest absolute Gasteiger partial charge is 0.244 e. The number of rotatable bonds is 7. The van der Waals surface area contributed by atoms with Crippen LogP contribution < -0.4 is 19.6 Å². The van der Waals surface area contributed by atoms with Gasteiger partial charge in [0, 0.05) is 21.5 Å². The lowest BCUT2D eigenvalue weighted by Crippen LogP contribution is -2.00. The summed E-state index contributed by atoms with van der Waals surface area (Å²) in [5, 5.41) is 5.79. The van der Waals surface area contributed by atoms with E-state index in [4.69, 9.17) is 25.8 Å². The van der Waals surface area contributed by atoms with E-state index in [0.717, 1.165) is 27.7 Å². The van der Waals surface area contributed by atoms with Gasteiger partial charge in [-0.15, -0.1) is 0 Å². The van der Waals surface area contributed by atoms with Crippen LogP contribution in [0.2, 0.25) is 5.02 Å². The molecule has 4 rings (SSSR count). The van der Waals surface area contributed by atoms with Gasteiger partial charge in [0.1, 0.15) is 0 Å². The van der Waals surface area contributed by atoms with Crippen LogP contribution in [0.3, 0.4) is 0 Å². The number of nitrogens with zero attached hydrogens (tertiary/aromatic N) is 3. The largest absolute Gasteiger partial charge is 0.493 e. The van der Waals surface area contributed by atoms with E-state index in [1.807, 2.05) is 42.5 Å². The normalized spacial score (nSPS) is 11.0. The van der Waals surface area contributed by atoms with Gasteiger partial charge in [-0.25, -0.2) is 15.4 Å². The van der Waals surface area contributed by atoms with Crippen molar-refractivity contribution in [3.8, 4) is 28.5 Å². The van der Waals surface area contributed by atoms with Crippen molar-refractivity contribution in [2.75, 3.05) is 26.8 Å². The first kappa shape index (κ1) is 21.4. The highest BCUT2D eigenvalue weighted by atomic mass is 35.5. The Balaban J connectivity index is 1.68. The molecule has 0 unspecified atom stereocenters. The molecule has 0 fully saturated rings. The second-order valence-electron chi connectivity index (χ2n) is 6.75. The fraction of sp³-hybridized carbons (Fsp3) is 0.125. The molecule has 32 heavy (non-hydrogen) atoms. The quantitative estimate of drug-likeness (QED) is 0.300. The van der Waals surface area contributed by atoms with Crippen LogP contribution >= 0.6 is 11.6 Å². The molecule has 0 bridgehead atoms. The van der Waals surface area contributed by atoms with Crippen molar-refractivity contribution in [3.63, 3.8) is 0 Å². The third-order valence-electron chi connectivity index (χ3n) is 4.77. The Hall–Kier alpha value is -3.84. The highest BCUT2D eigenvalue weighted by molar-refractivity contribution is 6.31. The maximum absolute atomic E-state index is 6.22. The van der Waals surface area contributed by atoms with Gasteiger partial charge in [-0.05, 0) is 30.3 Å². The van der Waals surface area contributed by atoms with Gasteiger partial charge in [0.25, 0.3) is 0 Å². The summed E-state index contributed by atoms with van der Waals surface area (Å²) >= 11 is 6.22. The average Bonchev–Trinajstić information content (AvgIpc) is 2.83. The standard InChI is InChI=1S/C24H21ClN4O3/c1-30-20-11-15(12-21(31-2)23(20)32-3)14-26-29-24-27-19-10-9-17(25)13-18(19)22(28-24)16-7-5-4-6-8-16/h4-14H,1-3H3,(H,27,28,29)/b26-14-. The summed E-state index contributed by atoms with van der Waals surface area (Å²) in [4.78, 5) is 9.24. The predicted octanol–water partition coefficient (Wildman–Crippen LogP) is 5.42. The van der Waals surface area contributed by atoms with Gasteiger partial charge in [0.2, 0.25) is 11.7 Å². The van der Waals surface area contributed by atoms with Crippen LogP contribution in [0.4, 0.5) is 5.95 Å². The maximum atomic E-state index is 6.22. The molecule has 1 N–H and O–H groups in total. The molecule has 1 aromatic heterocycles. The van der Waals surface area contributed by atoms with Crippen molar-refractivity contribution in [2.45, 2.75) is 0 Å². The van der Waals surface area contributed by atoms with Gasteiger partial charge in [-0.1, -0.05) is 41.9 Å². The minimum Gasteiger partial charge on any atom is -0.493 e. The van der Waals surface area contributed by atoms with Gasteiger partial charge < -0.3 is 14.2 Å². The molecule has 3 aromatic carbocycles. The maximum Gasteiger partial charge on any atom is 0.244 e. The van der Waals surface area contributed by atoms with E-state index in [1.54, 1.807) is 45.7 Å². The number of hydrogen-bond donors (Lipinski definition) is 1. The summed E-state index contributed by atoms with van der Waals surface area (Å²) in [7, 11) is 4.69. The summed E-state index contributed by atoms with van der Waals surface area (Å²) in [5.74, 6) is 1.96. The van der Waals surface area contributed by atoms with Crippen molar-refractivity contribution < 1.29 is 14.2 Å². The van der Waals surface area contributed by atoms with Crippen LogP contribution in [0.5, 0.6) is 17.2 Å². The van der Waals surface area contributed by atoms with Crippen LogP contribution in [0.15, 0.2) is 65.8 Å². The van der Waals surface area contributed by atoms with Crippen molar-refractivity contribution in [2.24, 2.45) is 5.10 Å². The molecule has 7 nitrogen and oxygen atoms in total. The Morgan fingerprint density at radius 2 is 1.59 bits per heavy atom. The average molecular weight is 449 g/mol. The number of methoxy groups -OCH3 is 3. The monoisotopic (exact) mass is 448 g/mol. The molecule has 0 aliphatic heterocycles. The Labute approximate surface area is 190 Å². The Kier molecular flexibility index (Phi) is 6.37. The van der Waals surface area contributed by atoms with E-state index < -0.39 is 0 Å². The minimum atomic E-state index is 0.363. The van der Waals surface area contributed by atoms with Crippen LogP contribution in [0.1, 0.15) is 5.56 Å². The number of hydrazone groups is 1. The number of benzene rings is 3. The van der Waals surface area contributed by atoms with Gasteiger partial charge in [0.15, 0.2) is 11.5 Å². The molecule has 162 valence electrons. The fourth-order valence-corrected chi connectivity index (χ4v) is 3.48. The molecule has 0 atom stereocenters. The summed E-state index contributed by atoms with van der Waals surface area (Å²) in [6.45, 7) is 0. The second-order valence-corrected chi connectivity index (χ2v) is 7.19. The number of ether oxygens (including phenoxy) is 3. The van der Waals surface area contributed by atoms with E-state index in [1.165, 1.54) is 0 Å². The zero-order chi connectivity index (χ0) is 22.5. The number of aromatic nitrogens is 2. The van der Waals surface area contributed by atoms with Gasteiger partial charge in [-0.3, -0.25) is 0 Å². The molecule has 0 aliphatic rings. The van der Waals surface area contributed by atoms with Crippen molar-refractivity contribution >= 4 is 34.7 Å². The van der Waals surface area contributed by atoms with Crippen LogP contribution in [-0.4, -0.2) is 37.5 Å². The number of nitrogens with one attached hydrogen (secondary N) is 1. The van der Waals surface area contributed by atoms with Gasteiger partial charge >= 0.3 is 0 Å². The number of fused-ring (bicyclic) bond motifs is 1. The lowest BCUT2D eigenvalue weighted by molar-refractivity contribution is 0.324. The molecule has 1 heterocycles. The predicted molar refractivity (Wildman–Crippen MR) is 127 cm³/mol. The zero-order valence-corrected chi connectivity index (χ0v) is 18.6. The van der Waals surface area contributed by atoms with Crippen LogP contribution in [0, 0.1) is 0 Å². The lowest BCUT2D eigenvalue weighted by Gasteiger charge is -2.12. The molecule has 8 heteroatoms. The Morgan fingerprint density at radius 3 is 2.25 bits per heavy atom. The van der Waals surface area contributed by atoms with E-state index in [0.29, 0.717) is 28.2 Å². The fourth-order valence-electron chi connectivity index (χ4n) is 3.31. The lowest BCUT2D eigenvalue weighted by atomic mass is 10.1.